The summed E-state index contributed by atoms with van der Waals surface area (Å²) in [6.45, 7) is 7.37. The number of aryl methyl sites for hydroxylation is 3. The van der Waals surface area contributed by atoms with Crippen molar-refractivity contribution in [2.75, 3.05) is 25.5 Å². The van der Waals surface area contributed by atoms with Crippen molar-refractivity contribution in [3.8, 4) is 5.75 Å². The molecular weight excluding hydrogens is 376 g/mol. The fourth-order valence-corrected chi connectivity index (χ4v) is 4.56. The van der Waals surface area contributed by atoms with E-state index in [1.807, 2.05) is 32.0 Å². The second kappa shape index (κ2) is 9.21. The number of carbonyl (C=O) groups excluding carboxylic acids is 1. The smallest absolute Gasteiger partial charge is 0.243 e. The van der Waals surface area contributed by atoms with Gasteiger partial charge in [0.15, 0.2) is 0 Å². The molecule has 0 bridgehead atoms. The molecule has 2 aromatic rings. The van der Waals surface area contributed by atoms with Crippen LogP contribution < -0.4 is 10.1 Å². The highest BCUT2D eigenvalue weighted by molar-refractivity contribution is 7.89. The molecular formula is C21H28N2O4S. The molecule has 0 spiro atoms. The van der Waals surface area contributed by atoms with Gasteiger partial charge in [-0.2, -0.15) is 4.31 Å². The van der Waals surface area contributed by atoms with Crippen LogP contribution in [0.4, 0.5) is 5.69 Å². The Bertz CT molecular complexity index is 955. The molecule has 2 rings (SSSR count). The lowest BCUT2D eigenvalue weighted by Crippen LogP contribution is -2.38. The average molecular weight is 405 g/mol. The molecule has 0 fully saturated rings. The summed E-state index contributed by atoms with van der Waals surface area (Å²) in [4.78, 5) is 12.8. The fraction of sp³-hybridized carbons (Fsp3) is 0.381. The highest BCUT2D eigenvalue weighted by Gasteiger charge is 2.26. The number of hydrogen-bond donors (Lipinski definition) is 1. The van der Waals surface area contributed by atoms with Gasteiger partial charge in [0.2, 0.25) is 15.9 Å². The maximum Gasteiger partial charge on any atom is 0.243 e. The molecule has 1 amide bonds. The summed E-state index contributed by atoms with van der Waals surface area (Å²) in [5.41, 5.74) is 3.44. The van der Waals surface area contributed by atoms with E-state index in [-0.39, 0.29) is 23.9 Å². The van der Waals surface area contributed by atoms with E-state index < -0.39 is 10.0 Å². The number of amides is 1. The van der Waals surface area contributed by atoms with Crippen LogP contribution in [0.15, 0.2) is 41.3 Å². The third kappa shape index (κ3) is 4.72. The number of para-hydroxylation sites is 1. The molecule has 0 aromatic heterocycles. The number of ether oxygens (including phenoxy) is 1. The summed E-state index contributed by atoms with van der Waals surface area (Å²) in [5.74, 6) is 0.256. The minimum absolute atomic E-state index is 0.144. The van der Waals surface area contributed by atoms with Crippen molar-refractivity contribution in [3.05, 3.63) is 53.1 Å². The van der Waals surface area contributed by atoms with Crippen molar-refractivity contribution < 1.29 is 17.9 Å². The second-order valence-electron chi connectivity index (χ2n) is 6.57. The summed E-state index contributed by atoms with van der Waals surface area (Å²) in [5, 5.41) is 2.88. The molecule has 0 atom stereocenters. The van der Waals surface area contributed by atoms with Gasteiger partial charge < -0.3 is 10.1 Å². The molecule has 28 heavy (non-hydrogen) atoms. The summed E-state index contributed by atoms with van der Waals surface area (Å²) in [6.07, 6.45) is 0.776. The third-order valence-corrected chi connectivity index (χ3v) is 6.60. The first kappa shape index (κ1) is 21.9. The Labute approximate surface area is 167 Å². The largest absolute Gasteiger partial charge is 0.496 e. The molecule has 0 saturated heterocycles. The van der Waals surface area contributed by atoms with E-state index in [2.05, 4.69) is 5.32 Å². The number of hydrogen-bond acceptors (Lipinski definition) is 4. The van der Waals surface area contributed by atoms with Gasteiger partial charge in [0.1, 0.15) is 5.75 Å². The van der Waals surface area contributed by atoms with Crippen molar-refractivity contribution in [1.82, 2.24) is 4.31 Å². The SMILES string of the molecule is CCc1cccc(C)c1NC(=O)CN(CC)S(=O)(=O)c1ccc(OC)c(C)c1. The van der Waals surface area contributed by atoms with Gasteiger partial charge in [-0.3, -0.25) is 4.79 Å². The maximum atomic E-state index is 13.0. The molecule has 0 aliphatic heterocycles. The van der Waals surface area contributed by atoms with Gasteiger partial charge in [0.25, 0.3) is 0 Å². The zero-order valence-electron chi connectivity index (χ0n) is 17.1. The van der Waals surface area contributed by atoms with Crippen LogP contribution in [0.25, 0.3) is 0 Å². The normalized spacial score (nSPS) is 11.5. The highest BCUT2D eigenvalue weighted by Crippen LogP contribution is 2.24. The molecule has 0 aliphatic carbocycles. The van der Waals surface area contributed by atoms with Crippen LogP contribution in [-0.2, 0) is 21.2 Å². The quantitative estimate of drug-likeness (QED) is 0.730. The molecule has 7 heteroatoms. The fourth-order valence-electron chi connectivity index (χ4n) is 3.07. The Morgan fingerprint density at radius 3 is 2.39 bits per heavy atom. The van der Waals surface area contributed by atoms with Gasteiger partial charge in [-0.1, -0.05) is 32.0 Å². The van der Waals surface area contributed by atoms with Crippen LogP contribution in [0.3, 0.4) is 0 Å². The monoisotopic (exact) mass is 404 g/mol. The lowest BCUT2D eigenvalue weighted by Gasteiger charge is -2.21. The van der Waals surface area contributed by atoms with E-state index in [1.165, 1.54) is 17.5 Å². The Morgan fingerprint density at radius 1 is 1.11 bits per heavy atom. The van der Waals surface area contributed by atoms with Gasteiger partial charge in [-0.05, 0) is 55.2 Å². The first-order valence-electron chi connectivity index (χ1n) is 9.27. The number of methoxy groups -OCH3 is 1. The minimum Gasteiger partial charge on any atom is -0.496 e. The number of nitrogens with zero attached hydrogens (tertiary/aromatic N) is 1. The molecule has 2 aromatic carbocycles. The molecule has 152 valence electrons. The Balaban J connectivity index is 2.23. The first-order chi connectivity index (χ1) is 13.2. The summed E-state index contributed by atoms with van der Waals surface area (Å²) >= 11 is 0. The zero-order chi connectivity index (χ0) is 20.9. The van der Waals surface area contributed by atoms with E-state index in [9.17, 15) is 13.2 Å². The van der Waals surface area contributed by atoms with Gasteiger partial charge in [0, 0.05) is 12.2 Å². The van der Waals surface area contributed by atoms with E-state index >= 15 is 0 Å². The number of nitrogens with one attached hydrogen (secondary N) is 1. The van der Waals surface area contributed by atoms with E-state index in [4.69, 9.17) is 4.74 Å². The lowest BCUT2D eigenvalue weighted by atomic mass is 10.1. The standard InChI is InChI=1S/C21H28N2O4S/c1-6-17-10-8-9-15(3)21(17)22-20(24)14-23(7-2)28(25,26)18-11-12-19(27-5)16(4)13-18/h8-13H,6-7,14H2,1-5H3,(H,22,24). The maximum absolute atomic E-state index is 13.0. The zero-order valence-corrected chi connectivity index (χ0v) is 17.9. The van der Waals surface area contributed by atoms with Gasteiger partial charge >= 0.3 is 0 Å². The second-order valence-corrected chi connectivity index (χ2v) is 8.51. The highest BCUT2D eigenvalue weighted by atomic mass is 32.2. The summed E-state index contributed by atoms with van der Waals surface area (Å²) in [6, 6.07) is 10.5. The van der Waals surface area contributed by atoms with Crippen LogP contribution >= 0.6 is 0 Å². The van der Waals surface area contributed by atoms with E-state index in [1.54, 1.807) is 26.0 Å². The number of rotatable bonds is 8. The van der Waals surface area contributed by atoms with Crippen LogP contribution in [0, 0.1) is 13.8 Å². The molecule has 1 N–H and O–H groups in total. The predicted molar refractivity (Wildman–Crippen MR) is 111 cm³/mol. The van der Waals surface area contributed by atoms with Crippen molar-refractivity contribution in [2.45, 2.75) is 39.0 Å². The van der Waals surface area contributed by atoms with Crippen molar-refractivity contribution in [3.63, 3.8) is 0 Å². The Hall–Kier alpha value is -2.38. The predicted octanol–water partition coefficient (Wildman–Crippen LogP) is 3.52. The number of anilines is 1. The van der Waals surface area contributed by atoms with E-state index in [0.29, 0.717) is 5.75 Å². The topological polar surface area (TPSA) is 75.7 Å². The average Bonchev–Trinajstić information content (AvgIpc) is 2.67. The van der Waals surface area contributed by atoms with Crippen molar-refractivity contribution >= 4 is 21.6 Å². The van der Waals surface area contributed by atoms with Crippen LogP contribution in [0.5, 0.6) is 5.75 Å². The van der Waals surface area contributed by atoms with Gasteiger partial charge in [0.05, 0.1) is 18.6 Å². The number of benzene rings is 2. The number of carbonyl (C=O) groups is 1. The third-order valence-electron chi connectivity index (χ3n) is 4.68. The molecule has 0 heterocycles. The lowest BCUT2D eigenvalue weighted by molar-refractivity contribution is -0.116. The molecule has 0 radical (unpaired) electrons. The van der Waals surface area contributed by atoms with Gasteiger partial charge in [-0.25, -0.2) is 8.42 Å². The van der Waals surface area contributed by atoms with E-state index in [0.717, 1.165) is 28.8 Å². The summed E-state index contributed by atoms with van der Waals surface area (Å²) in [7, 11) is -2.26. The van der Waals surface area contributed by atoms with Crippen molar-refractivity contribution in [1.29, 1.82) is 0 Å². The molecule has 0 unspecified atom stereocenters. The van der Waals surface area contributed by atoms with Gasteiger partial charge in [-0.15, -0.1) is 0 Å². The minimum atomic E-state index is -3.79. The Kier molecular flexibility index (Phi) is 7.21. The van der Waals surface area contributed by atoms with Crippen LogP contribution in [0.2, 0.25) is 0 Å². The molecule has 6 nitrogen and oxygen atoms in total. The Morgan fingerprint density at radius 2 is 1.82 bits per heavy atom. The molecule has 0 aliphatic rings. The van der Waals surface area contributed by atoms with Crippen LogP contribution in [-0.4, -0.2) is 38.8 Å². The van der Waals surface area contributed by atoms with Crippen molar-refractivity contribution in [2.24, 2.45) is 0 Å². The first-order valence-corrected chi connectivity index (χ1v) is 10.7. The van der Waals surface area contributed by atoms with Crippen LogP contribution in [0.1, 0.15) is 30.5 Å². The summed E-state index contributed by atoms with van der Waals surface area (Å²) < 4.78 is 32.4. The number of sulfonamides is 1. The molecule has 0 saturated carbocycles. The number of likely N-dealkylation sites (N-methyl/N-ethyl adjacent to an activating group) is 1.